The number of carbonyl (C=O) groups is 1. The van der Waals surface area contributed by atoms with Crippen LogP contribution in [-0.2, 0) is 0 Å². The lowest BCUT2D eigenvalue weighted by atomic mass is 10.1. The standard InChI is InChI=1S/C16H26N4O.ClH/c1-7-19(11(2)3)16(18-6)20(15(17)21)14-9-8-12(4)10-13(14)5;/h8-11H,7H2,1-6H3,(H2,17,21);1H. The summed E-state index contributed by atoms with van der Waals surface area (Å²) in [6.07, 6.45) is 0. The second-order valence-corrected chi connectivity index (χ2v) is 5.37. The monoisotopic (exact) mass is 326 g/mol. The van der Waals surface area contributed by atoms with Crippen molar-refractivity contribution in [2.45, 2.75) is 40.7 Å². The van der Waals surface area contributed by atoms with Crippen molar-refractivity contribution in [3.63, 3.8) is 0 Å². The largest absolute Gasteiger partial charge is 0.351 e. The fraction of sp³-hybridized carbons (Fsp3) is 0.500. The third-order valence-corrected chi connectivity index (χ3v) is 3.43. The molecule has 0 saturated carbocycles. The van der Waals surface area contributed by atoms with Gasteiger partial charge in [0.1, 0.15) is 0 Å². The molecule has 6 heteroatoms. The van der Waals surface area contributed by atoms with E-state index in [9.17, 15) is 4.79 Å². The zero-order valence-electron chi connectivity index (χ0n) is 14.3. The predicted octanol–water partition coefficient (Wildman–Crippen LogP) is 3.33. The van der Waals surface area contributed by atoms with Gasteiger partial charge in [-0.25, -0.2) is 9.69 Å². The summed E-state index contributed by atoms with van der Waals surface area (Å²) in [5, 5.41) is 0. The molecule has 0 atom stereocenters. The summed E-state index contributed by atoms with van der Waals surface area (Å²) >= 11 is 0. The van der Waals surface area contributed by atoms with E-state index in [4.69, 9.17) is 5.73 Å². The molecule has 0 heterocycles. The van der Waals surface area contributed by atoms with Crippen molar-refractivity contribution in [3.8, 4) is 0 Å². The Kier molecular flexibility index (Phi) is 7.95. The van der Waals surface area contributed by atoms with Crippen LogP contribution in [0.15, 0.2) is 23.2 Å². The molecule has 0 aliphatic heterocycles. The molecule has 0 saturated heterocycles. The smallest absolute Gasteiger partial charge is 0.326 e. The van der Waals surface area contributed by atoms with Gasteiger partial charge in [0.25, 0.3) is 0 Å². The van der Waals surface area contributed by atoms with Crippen LogP contribution in [0.3, 0.4) is 0 Å². The quantitative estimate of drug-likeness (QED) is 0.684. The molecule has 0 spiro atoms. The average Bonchev–Trinajstić information content (AvgIpc) is 2.39. The van der Waals surface area contributed by atoms with E-state index in [0.29, 0.717) is 5.96 Å². The van der Waals surface area contributed by atoms with Crippen LogP contribution in [0, 0.1) is 13.8 Å². The van der Waals surface area contributed by atoms with Crippen molar-refractivity contribution in [1.82, 2.24) is 4.90 Å². The topological polar surface area (TPSA) is 61.9 Å². The van der Waals surface area contributed by atoms with E-state index in [1.807, 2.05) is 43.9 Å². The maximum atomic E-state index is 12.0. The number of urea groups is 1. The summed E-state index contributed by atoms with van der Waals surface area (Å²) in [6, 6.07) is 5.61. The van der Waals surface area contributed by atoms with Crippen LogP contribution in [0.25, 0.3) is 0 Å². The van der Waals surface area contributed by atoms with Gasteiger partial charge in [0.05, 0.1) is 5.69 Å². The van der Waals surface area contributed by atoms with Crippen LogP contribution in [0.5, 0.6) is 0 Å². The van der Waals surface area contributed by atoms with Crippen LogP contribution < -0.4 is 10.6 Å². The number of carbonyl (C=O) groups excluding carboxylic acids is 1. The fourth-order valence-electron chi connectivity index (χ4n) is 2.48. The minimum absolute atomic E-state index is 0. The summed E-state index contributed by atoms with van der Waals surface area (Å²) in [4.78, 5) is 19.9. The molecule has 0 unspecified atom stereocenters. The molecule has 124 valence electrons. The molecule has 0 aliphatic rings. The van der Waals surface area contributed by atoms with Gasteiger partial charge < -0.3 is 10.6 Å². The van der Waals surface area contributed by atoms with E-state index >= 15 is 0 Å². The molecular weight excluding hydrogens is 300 g/mol. The minimum Gasteiger partial charge on any atom is -0.351 e. The summed E-state index contributed by atoms with van der Waals surface area (Å²) < 4.78 is 0. The number of guanidine groups is 1. The lowest BCUT2D eigenvalue weighted by Gasteiger charge is -2.34. The van der Waals surface area contributed by atoms with Crippen molar-refractivity contribution >= 4 is 30.1 Å². The number of benzene rings is 1. The van der Waals surface area contributed by atoms with Crippen molar-refractivity contribution < 1.29 is 4.79 Å². The van der Waals surface area contributed by atoms with Crippen LogP contribution in [-0.4, -0.2) is 36.5 Å². The first-order valence-electron chi connectivity index (χ1n) is 7.23. The second-order valence-electron chi connectivity index (χ2n) is 5.37. The van der Waals surface area contributed by atoms with Crippen LogP contribution in [0.1, 0.15) is 31.9 Å². The van der Waals surface area contributed by atoms with Crippen molar-refractivity contribution in [2.75, 3.05) is 18.5 Å². The molecule has 22 heavy (non-hydrogen) atoms. The van der Waals surface area contributed by atoms with Gasteiger partial charge in [0, 0.05) is 19.6 Å². The highest BCUT2D eigenvalue weighted by atomic mass is 35.5. The third kappa shape index (κ3) is 4.37. The second kappa shape index (κ2) is 8.63. The van der Waals surface area contributed by atoms with E-state index < -0.39 is 6.03 Å². The Morgan fingerprint density at radius 2 is 1.91 bits per heavy atom. The maximum Gasteiger partial charge on any atom is 0.326 e. The number of aryl methyl sites for hydroxylation is 2. The highest BCUT2D eigenvalue weighted by Gasteiger charge is 2.26. The summed E-state index contributed by atoms with van der Waals surface area (Å²) in [6.45, 7) is 10.9. The Bertz CT molecular complexity index is 543. The van der Waals surface area contributed by atoms with E-state index in [-0.39, 0.29) is 18.4 Å². The lowest BCUT2D eigenvalue weighted by molar-refractivity contribution is 0.255. The Hall–Kier alpha value is -1.75. The molecule has 2 N–H and O–H groups in total. The van der Waals surface area contributed by atoms with Gasteiger partial charge in [-0.3, -0.25) is 4.99 Å². The fourth-order valence-corrected chi connectivity index (χ4v) is 2.48. The molecule has 1 aromatic carbocycles. The van der Waals surface area contributed by atoms with Crippen molar-refractivity contribution in [2.24, 2.45) is 10.7 Å². The lowest BCUT2D eigenvalue weighted by Crippen LogP contribution is -2.52. The molecule has 1 aromatic rings. The number of aliphatic imine (C=N–C) groups is 1. The summed E-state index contributed by atoms with van der Waals surface area (Å²) in [7, 11) is 1.68. The number of primary amides is 1. The molecule has 1 rings (SSSR count). The van der Waals surface area contributed by atoms with Crippen LogP contribution >= 0.6 is 12.4 Å². The zero-order valence-corrected chi connectivity index (χ0v) is 15.1. The number of amides is 2. The van der Waals surface area contributed by atoms with Crippen molar-refractivity contribution in [3.05, 3.63) is 29.3 Å². The molecule has 0 aromatic heterocycles. The molecule has 0 aliphatic carbocycles. The molecular formula is C16H27ClN4O. The molecule has 0 radical (unpaired) electrons. The van der Waals surface area contributed by atoms with E-state index in [1.54, 1.807) is 7.05 Å². The van der Waals surface area contributed by atoms with E-state index in [2.05, 4.69) is 18.8 Å². The van der Waals surface area contributed by atoms with Crippen LogP contribution in [0.2, 0.25) is 0 Å². The van der Waals surface area contributed by atoms with E-state index in [1.165, 1.54) is 4.90 Å². The van der Waals surface area contributed by atoms with Gasteiger partial charge in [-0.2, -0.15) is 0 Å². The third-order valence-electron chi connectivity index (χ3n) is 3.43. The Balaban J connectivity index is 0.00000441. The summed E-state index contributed by atoms with van der Waals surface area (Å²) in [5.74, 6) is 0.576. The Morgan fingerprint density at radius 3 is 2.27 bits per heavy atom. The minimum atomic E-state index is -0.526. The highest BCUT2D eigenvalue weighted by Crippen LogP contribution is 2.23. The SMILES string of the molecule is CCN(C(=NC)N(C(N)=O)c1ccc(C)cc1C)C(C)C.Cl. The van der Waals surface area contributed by atoms with Gasteiger partial charge in [0.2, 0.25) is 5.96 Å². The number of halogens is 1. The number of anilines is 1. The first-order valence-corrected chi connectivity index (χ1v) is 7.23. The summed E-state index contributed by atoms with van der Waals surface area (Å²) in [5.41, 5.74) is 8.54. The Labute approximate surface area is 139 Å². The van der Waals surface area contributed by atoms with Gasteiger partial charge in [-0.1, -0.05) is 17.7 Å². The van der Waals surface area contributed by atoms with E-state index in [0.717, 1.165) is 23.4 Å². The molecule has 2 amide bonds. The van der Waals surface area contributed by atoms with Gasteiger partial charge in [0.15, 0.2) is 0 Å². The number of rotatable bonds is 3. The normalized spacial score (nSPS) is 11.1. The first-order chi connectivity index (χ1) is 9.83. The van der Waals surface area contributed by atoms with Crippen molar-refractivity contribution in [1.29, 1.82) is 0 Å². The average molecular weight is 327 g/mol. The maximum absolute atomic E-state index is 12.0. The number of nitrogens with two attached hydrogens (primary N) is 1. The zero-order chi connectivity index (χ0) is 16.2. The van der Waals surface area contributed by atoms with Crippen LogP contribution in [0.4, 0.5) is 10.5 Å². The van der Waals surface area contributed by atoms with Gasteiger partial charge >= 0.3 is 6.03 Å². The van der Waals surface area contributed by atoms with Gasteiger partial charge in [-0.05, 0) is 46.2 Å². The molecule has 5 nitrogen and oxygen atoms in total. The molecule has 0 bridgehead atoms. The van der Waals surface area contributed by atoms with Gasteiger partial charge in [-0.15, -0.1) is 12.4 Å². The highest BCUT2D eigenvalue weighted by molar-refractivity contribution is 6.15. The predicted molar refractivity (Wildman–Crippen MR) is 96.1 cm³/mol. The number of hydrogen-bond acceptors (Lipinski definition) is 2. The number of nitrogens with zero attached hydrogens (tertiary/aromatic N) is 3. The Morgan fingerprint density at radius 1 is 1.32 bits per heavy atom. The molecule has 0 fully saturated rings. The number of hydrogen-bond donors (Lipinski definition) is 1. The first kappa shape index (κ1) is 20.2.